The normalized spacial score (nSPS) is 14.1. The molecule has 0 aromatic carbocycles. The Hall–Kier alpha value is -1.94. The number of esters is 4. The van der Waals surface area contributed by atoms with Crippen molar-refractivity contribution in [3.05, 3.63) is 0 Å². The number of hydrogen-bond donors (Lipinski definition) is 3. The van der Waals surface area contributed by atoms with Gasteiger partial charge in [0.2, 0.25) is 0 Å². The Balaban J connectivity index is 5.22. The van der Waals surface area contributed by atoms with Gasteiger partial charge in [0, 0.05) is 25.7 Å². The number of rotatable bonds is 73. The Bertz CT molecular complexity index is 1840. The summed E-state index contributed by atoms with van der Waals surface area (Å²) >= 11 is 0. The number of carbonyl (C=O) groups excluding carboxylic acids is 4. The molecule has 5 atom stereocenters. The number of phosphoric acid groups is 2. The maximum absolute atomic E-state index is 13.1. The van der Waals surface area contributed by atoms with E-state index in [1.165, 1.54) is 186 Å². The van der Waals surface area contributed by atoms with E-state index in [0.717, 1.165) is 108 Å². The van der Waals surface area contributed by atoms with E-state index in [1.807, 2.05) is 0 Å². The molecule has 2 unspecified atom stereocenters. The van der Waals surface area contributed by atoms with Gasteiger partial charge in [0.25, 0.3) is 0 Å². The monoisotopic (exact) mass is 1380 g/mol. The van der Waals surface area contributed by atoms with Crippen LogP contribution in [0.15, 0.2) is 0 Å². The van der Waals surface area contributed by atoms with E-state index in [1.54, 1.807) is 0 Å². The molecule has 0 saturated heterocycles. The molecule has 0 aliphatic rings. The molecular formula is C75H146O17P2. The zero-order valence-corrected chi connectivity index (χ0v) is 63.2. The molecule has 0 rings (SSSR count). The van der Waals surface area contributed by atoms with Crippen LogP contribution in [0, 0.1) is 17.8 Å². The molecule has 0 radical (unpaired) electrons. The fourth-order valence-electron chi connectivity index (χ4n) is 11.4. The summed E-state index contributed by atoms with van der Waals surface area (Å²) in [5, 5.41) is 10.6. The molecule has 0 fully saturated rings. The summed E-state index contributed by atoms with van der Waals surface area (Å²) in [4.78, 5) is 72.7. The molecule has 3 N–H and O–H groups in total. The lowest BCUT2D eigenvalue weighted by molar-refractivity contribution is -0.161. The Kier molecular flexibility index (Phi) is 64.3. The second-order valence-electron chi connectivity index (χ2n) is 28.5. The third-order valence-corrected chi connectivity index (χ3v) is 19.3. The van der Waals surface area contributed by atoms with Gasteiger partial charge in [-0.15, -0.1) is 0 Å². The predicted molar refractivity (Wildman–Crippen MR) is 381 cm³/mol. The third kappa shape index (κ3) is 68.6. The number of hydrogen-bond acceptors (Lipinski definition) is 15. The minimum Gasteiger partial charge on any atom is -0.462 e. The minimum atomic E-state index is -4.96. The maximum atomic E-state index is 13.1. The highest BCUT2D eigenvalue weighted by atomic mass is 31.2. The SMILES string of the molecule is CCCCCCCCCCCCCCCCCCCCC(=O)O[C@H](COC(=O)CCCCCCCCCCCCCCCC(C)C)COP(=O)(O)OC[C@@H](O)COP(=O)(O)OC[C@@H](COC(=O)CCCCCCCCC(C)C)OC(=O)CCCCCCCCCCC(C)C. The van der Waals surface area contributed by atoms with Gasteiger partial charge in [-0.1, -0.05) is 331 Å². The van der Waals surface area contributed by atoms with Crippen LogP contribution in [-0.4, -0.2) is 96.7 Å². The van der Waals surface area contributed by atoms with Crippen LogP contribution in [0.5, 0.6) is 0 Å². The molecular weight excluding hydrogens is 1230 g/mol. The molecule has 0 aliphatic heterocycles. The number of aliphatic hydroxyl groups is 1. The summed E-state index contributed by atoms with van der Waals surface area (Å²) < 4.78 is 68.4. The van der Waals surface area contributed by atoms with E-state index in [0.29, 0.717) is 31.6 Å². The van der Waals surface area contributed by atoms with Crippen molar-refractivity contribution in [1.29, 1.82) is 0 Å². The van der Waals surface area contributed by atoms with Crippen LogP contribution in [0.4, 0.5) is 0 Å². The molecule has 0 spiro atoms. The van der Waals surface area contributed by atoms with Crippen molar-refractivity contribution >= 4 is 39.5 Å². The van der Waals surface area contributed by atoms with Crippen LogP contribution >= 0.6 is 15.6 Å². The number of phosphoric ester groups is 2. The van der Waals surface area contributed by atoms with E-state index in [4.69, 9.17) is 37.0 Å². The highest BCUT2D eigenvalue weighted by Crippen LogP contribution is 2.45. The average molecular weight is 1380 g/mol. The molecule has 17 nitrogen and oxygen atoms in total. The average Bonchev–Trinajstić information content (AvgIpc) is 1.87. The summed E-state index contributed by atoms with van der Waals surface area (Å²) in [5.41, 5.74) is 0. The van der Waals surface area contributed by atoms with Crippen LogP contribution < -0.4 is 0 Å². The van der Waals surface area contributed by atoms with Gasteiger partial charge in [0.1, 0.15) is 19.3 Å². The van der Waals surface area contributed by atoms with Crippen molar-refractivity contribution in [2.45, 2.75) is 401 Å². The quantitative estimate of drug-likeness (QED) is 0.0222. The highest BCUT2D eigenvalue weighted by molar-refractivity contribution is 7.47. The molecule has 0 bridgehead atoms. The Labute approximate surface area is 575 Å². The van der Waals surface area contributed by atoms with Crippen molar-refractivity contribution in [2.24, 2.45) is 17.8 Å². The van der Waals surface area contributed by atoms with E-state index in [2.05, 4.69) is 48.5 Å². The van der Waals surface area contributed by atoms with Gasteiger partial charge < -0.3 is 33.8 Å². The van der Waals surface area contributed by atoms with E-state index >= 15 is 0 Å². The Morgan fingerprint density at radius 2 is 0.489 bits per heavy atom. The van der Waals surface area contributed by atoms with Gasteiger partial charge in [-0.3, -0.25) is 37.3 Å². The van der Waals surface area contributed by atoms with Crippen molar-refractivity contribution in [1.82, 2.24) is 0 Å². The van der Waals surface area contributed by atoms with Gasteiger partial charge in [-0.2, -0.15) is 0 Å². The van der Waals surface area contributed by atoms with E-state index < -0.39 is 97.5 Å². The van der Waals surface area contributed by atoms with Gasteiger partial charge in [0.15, 0.2) is 12.2 Å². The standard InChI is InChI=1S/C75H146O17P2/c1-8-9-10-11-12-13-14-15-16-17-18-19-22-26-29-35-44-51-58-74(79)91-70(62-85-72(77)56-49-42-34-28-25-23-20-21-24-27-32-39-46-53-66(2)3)64-89-93(81,82)87-60-69(76)61-88-94(83,84)90-65-71(63-86-73(78)57-50-43-38-37-41-48-55-68(6)7)92-75(80)59-52-45-36-31-30-33-40-47-54-67(4)5/h66-71,76H,8-65H2,1-7H3,(H,81,82)(H,83,84)/t69-,70-,71-/m1/s1. The maximum Gasteiger partial charge on any atom is 0.472 e. The van der Waals surface area contributed by atoms with Crippen LogP contribution in [0.3, 0.4) is 0 Å². The van der Waals surface area contributed by atoms with Crippen LogP contribution in [0.2, 0.25) is 0 Å². The summed E-state index contributed by atoms with van der Waals surface area (Å²) in [6.45, 7) is 11.8. The van der Waals surface area contributed by atoms with Crippen molar-refractivity contribution < 1.29 is 80.2 Å². The fourth-order valence-corrected chi connectivity index (χ4v) is 13.0. The topological polar surface area (TPSA) is 237 Å². The fraction of sp³-hybridized carbons (Fsp3) is 0.947. The first-order valence-corrected chi connectivity index (χ1v) is 41.8. The third-order valence-electron chi connectivity index (χ3n) is 17.4. The lowest BCUT2D eigenvalue weighted by Gasteiger charge is -2.21. The first kappa shape index (κ1) is 92.1. The summed E-state index contributed by atoms with van der Waals surface area (Å²) in [5.74, 6) is 0.0660. The van der Waals surface area contributed by atoms with Crippen LogP contribution in [0.25, 0.3) is 0 Å². The van der Waals surface area contributed by atoms with Gasteiger partial charge in [0.05, 0.1) is 26.4 Å². The summed E-state index contributed by atoms with van der Waals surface area (Å²) in [7, 11) is -9.91. The zero-order chi connectivity index (χ0) is 69.4. The number of aliphatic hydroxyl groups excluding tert-OH is 1. The van der Waals surface area contributed by atoms with Crippen molar-refractivity contribution in [3.63, 3.8) is 0 Å². The Morgan fingerprint density at radius 1 is 0.287 bits per heavy atom. The summed E-state index contributed by atoms with van der Waals surface area (Å²) in [6, 6.07) is 0. The van der Waals surface area contributed by atoms with Gasteiger partial charge in [-0.05, 0) is 43.4 Å². The predicted octanol–water partition coefficient (Wildman–Crippen LogP) is 21.8. The molecule has 0 aromatic heterocycles. The minimum absolute atomic E-state index is 0.103. The molecule has 94 heavy (non-hydrogen) atoms. The number of carbonyl (C=O) groups is 4. The summed E-state index contributed by atoms with van der Waals surface area (Å²) in [6.07, 6.45) is 51.6. The lowest BCUT2D eigenvalue weighted by atomic mass is 10.0. The molecule has 0 amide bonds. The smallest absolute Gasteiger partial charge is 0.462 e. The number of unbranched alkanes of at least 4 members (excludes halogenated alkanes) is 41. The molecule has 19 heteroatoms. The van der Waals surface area contributed by atoms with Crippen molar-refractivity contribution in [2.75, 3.05) is 39.6 Å². The molecule has 0 aliphatic carbocycles. The second kappa shape index (κ2) is 65.7. The van der Waals surface area contributed by atoms with Gasteiger partial charge in [-0.25, -0.2) is 9.13 Å². The largest absolute Gasteiger partial charge is 0.472 e. The van der Waals surface area contributed by atoms with E-state index in [9.17, 15) is 43.2 Å². The zero-order valence-electron chi connectivity index (χ0n) is 61.4. The first-order chi connectivity index (χ1) is 45.2. The molecule has 0 aromatic rings. The second-order valence-corrected chi connectivity index (χ2v) is 31.4. The molecule has 0 heterocycles. The highest BCUT2D eigenvalue weighted by Gasteiger charge is 2.30. The van der Waals surface area contributed by atoms with Crippen LogP contribution in [0.1, 0.15) is 382 Å². The number of ether oxygens (including phenoxy) is 4. The van der Waals surface area contributed by atoms with Gasteiger partial charge >= 0.3 is 39.5 Å². The lowest BCUT2D eigenvalue weighted by Crippen LogP contribution is -2.30. The van der Waals surface area contributed by atoms with Crippen molar-refractivity contribution in [3.8, 4) is 0 Å². The molecule has 558 valence electrons. The van der Waals surface area contributed by atoms with E-state index in [-0.39, 0.29) is 25.7 Å². The molecule has 0 saturated carbocycles. The van der Waals surface area contributed by atoms with Crippen LogP contribution in [-0.2, 0) is 65.4 Å². The Morgan fingerprint density at radius 3 is 0.723 bits per heavy atom. The first-order valence-electron chi connectivity index (χ1n) is 38.8.